The van der Waals surface area contributed by atoms with Crippen LogP contribution in [0.1, 0.15) is 25.7 Å². The van der Waals surface area contributed by atoms with Gasteiger partial charge in [-0.15, -0.1) is 0 Å². The molecule has 3 heterocycles. The number of fused-ring (bicyclic) bond motifs is 2. The van der Waals surface area contributed by atoms with E-state index in [0.29, 0.717) is 29.9 Å². The number of nitrogens with one attached hydrogen (secondary N) is 1. The Hall–Kier alpha value is -1.99. The number of ether oxygens (including phenoxy) is 1. The van der Waals surface area contributed by atoms with Crippen LogP contribution < -0.4 is 5.32 Å². The molecule has 0 unspecified atom stereocenters. The van der Waals surface area contributed by atoms with Crippen LogP contribution in [0.25, 0.3) is 11.2 Å². The molecule has 2 aromatic heterocycles. The minimum absolute atomic E-state index is 0.0133. The number of carbonyl (C=O) groups is 1. The highest BCUT2D eigenvalue weighted by Crippen LogP contribution is 2.38. The van der Waals surface area contributed by atoms with Gasteiger partial charge in [-0.25, -0.2) is 4.98 Å². The summed E-state index contributed by atoms with van der Waals surface area (Å²) in [5.41, 5.74) is 1.40. The summed E-state index contributed by atoms with van der Waals surface area (Å²) in [4.78, 5) is 22.5. The Balaban J connectivity index is 1.42. The number of aromatic nitrogens is 2. The van der Waals surface area contributed by atoms with Crippen molar-refractivity contribution in [2.75, 3.05) is 20.2 Å². The zero-order valence-corrected chi connectivity index (χ0v) is 14.6. The molecular weight excluding hydrogens is 320 g/mol. The normalized spacial score (nSPS) is 29.7. The number of hydrogen-bond acceptors (Lipinski definition) is 6. The maximum atomic E-state index is 11.5. The molecule has 7 nitrogen and oxygen atoms in total. The summed E-state index contributed by atoms with van der Waals surface area (Å²) >= 11 is 0. The van der Waals surface area contributed by atoms with E-state index in [1.54, 1.807) is 20.2 Å². The minimum Gasteiger partial charge on any atom is -0.438 e. The number of pyridine rings is 1. The molecule has 4 rings (SSSR count). The van der Waals surface area contributed by atoms with E-state index >= 15 is 0 Å². The Bertz CT molecular complexity index is 729. The van der Waals surface area contributed by atoms with E-state index in [-0.39, 0.29) is 18.1 Å². The Morgan fingerprint density at radius 1 is 1.40 bits per heavy atom. The van der Waals surface area contributed by atoms with Crippen molar-refractivity contribution in [2.24, 2.45) is 11.8 Å². The predicted molar refractivity (Wildman–Crippen MR) is 91.7 cm³/mol. The van der Waals surface area contributed by atoms with Gasteiger partial charge in [0.05, 0.1) is 18.7 Å². The third-order valence-corrected chi connectivity index (χ3v) is 5.45. The summed E-state index contributed by atoms with van der Waals surface area (Å²) in [6.07, 6.45) is 3.77. The van der Waals surface area contributed by atoms with Gasteiger partial charge in [-0.3, -0.25) is 9.69 Å². The fraction of sp³-hybridized carbons (Fsp3) is 0.611. The van der Waals surface area contributed by atoms with Gasteiger partial charge in [-0.1, -0.05) is 0 Å². The molecule has 2 aromatic rings. The van der Waals surface area contributed by atoms with Gasteiger partial charge in [0.25, 0.3) is 0 Å². The molecule has 1 amide bonds. The average Bonchev–Trinajstić information content (AvgIpc) is 3.15. The number of methoxy groups -OCH3 is 1. The van der Waals surface area contributed by atoms with Crippen molar-refractivity contribution in [3.05, 3.63) is 24.2 Å². The van der Waals surface area contributed by atoms with E-state index in [4.69, 9.17) is 9.15 Å². The van der Waals surface area contributed by atoms with Gasteiger partial charge in [-0.2, -0.15) is 4.98 Å². The lowest BCUT2D eigenvalue weighted by Crippen LogP contribution is -2.49. The molecule has 0 bridgehead atoms. The lowest BCUT2D eigenvalue weighted by atomic mass is 9.77. The number of amides is 1. The van der Waals surface area contributed by atoms with E-state index < -0.39 is 0 Å². The molecule has 0 aromatic carbocycles. The van der Waals surface area contributed by atoms with Crippen LogP contribution in [0.3, 0.4) is 0 Å². The molecule has 1 N–H and O–H groups in total. The lowest BCUT2D eigenvalue weighted by Gasteiger charge is -2.37. The number of nitrogens with zero attached hydrogens (tertiary/aromatic N) is 3. The van der Waals surface area contributed by atoms with Crippen molar-refractivity contribution >= 4 is 17.1 Å². The second-order valence-corrected chi connectivity index (χ2v) is 7.20. The first-order chi connectivity index (χ1) is 12.1. The molecule has 4 atom stereocenters. The molecule has 1 saturated heterocycles. The molecule has 25 heavy (non-hydrogen) atoms. The summed E-state index contributed by atoms with van der Waals surface area (Å²) in [7, 11) is 1.73. The smallest absolute Gasteiger partial charge is 0.217 e. The Labute approximate surface area is 146 Å². The largest absolute Gasteiger partial charge is 0.438 e. The van der Waals surface area contributed by atoms with Gasteiger partial charge in [-0.05, 0) is 36.8 Å². The highest BCUT2D eigenvalue weighted by molar-refractivity contribution is 5.73. The number of hydrogen-bond donors (Lipinski definition) is 1. The van der Waals surface area contributed by atoms with Crippen LogP contribution in [-0.4, -0.2) is 53.1 Å². The lowest BCUT2D eigenvalue weighted by molar-refractivity contribution is -0.121. The first-order valence-electron chi connectivity index (χ1n) is 8.85. The summed E-state index contributed by atoms with van der Waals surface area (Å²) in [5.74, 6) is 1.90. The van der Waals surface area contributed by atoms with Crippen molar-refractivity contribution in [3.63, 3.8) is 0 Å². The van der Waals surface area contributed by atoms with Crippen LogP contribution in [0.2, 0.25) is 0 Å². The Morgan fingerprint density at radius 3 is 2.92 bits per heavy atom. The van der Waals surface area contributed by atoms with Gasteiger partial charge in [0.15, 0.2) is 11.2 Å². The molecule has 0 spiro atoms. The fourth-order valence-corrected chi connectivity index (χ4v) is 4.39. The molecule has 1 saturated carbocycles. The second kappa shape index (κ2) is 6.72. The number of rotatable bonds is 4. The van der Waals surface area contributed by atoms with E-state index in [1.165, 1.54) is 0 Å². The second-order valence-electron chi connectivity index (χ2n) is 7.20. The van der Waals surface area contributed by atoms with Crippen molar-refractivity contribution in [3.8, 4) is 0 Å². The molecule has 2 aliphatic rings. The van der Waals surface area contributed by atoms with Crippen LogP contribution in [0.15, 0.2) is 22.7 Å². The number of likely N-dealkylation sites (tertiary alicyclic amines) is 1. The highest BCUT2D eigenvalue weighted by atomic mass is 16.5. The van der Waals surface area contributed by atoms with Crippen LogP contribution >= 0.6 is 0 Å². The Kier molecular flexibility index (Phi) is 4.43. The summed E-state index contributed by atoms with van der Waals surface area (Å²) < 4.78 is 11.4. The maximum absolute atomic E-state index is 11.5. The van der Waals surface area contributed by atoms with E-state index in [9.17, 15) is 4.79 Å². The van der Waals surface area contributed by atoms with Crippen LogP contribution in [0.5, 0.6) is 0 Å². The predicted octanol–water partition coefficient (Wildman–Crippen LogP) is 1.58. The van der Waals surface area contributed by atoms with Crippen molar-refractivity contribution in [2.45, 2.75) is 38.5 Å². The van der Waals surface area contributed by atoms with Crippen LogP contribution in [0, 0.1) is 11.8 Å². The summed E-state index contributed by atoms with van der Waals surface area (Å²) in [6.45, 7) is 4.29. The molecular formula is C18H24N4O3. The monoisotopic (exact) mass is 344 g/mol. The molecule has 1 aliphatic carbocycles. The van der Waals surface area contributed by atoms with Crippen LogP contribution in [0.4, 0.5) is 0 Å². The highest BCUT2D eigenvalue weighted by Gasteiger charge is 2.42. The molecule has 7 heteroatoms. The molecule has 134 valence electrons. The van der Waals surface area contributed by atoms with E-state index in [0.717, 1.165) is 31.5 Å². The average molecular weight is 344 g/mol. The van der Waals surface area contributed by atoms with Crippen LogP contribution in [-0.2, 0) is 16.1 Å². The fourth-order valence-electron chi connectivity index (χ4n) is 4.39. The van der Waals surface area contributed by atoms with Crippen molar-refractivity contribution in [1.82, 2.24) is 20.2 Å². The Morgan fingerprint density at radius 2 is 2.20 bits per heavy atom. The van der Waals surface area contributed by atoms with Gasteiger partial charge >= 0.3 is 0 Å². The van der Waals surface area contributed by atoms with Crippen molar-refractivity contribution in [1.29, 1.82) is 0 Å². The maximum Gasteiger partial charge on any atom is 0.217 e. The number of carbonyl (C=O) groups excluding carboxylic acids is 1. The number of oxazole rings is 1. The quantitative estimate of drug-likeness (QED) is 0.907. The van der Waals surface area contributed by atoms with E-state index in [2.05, 4.69) is 20.2 Å². The minimum atomic E-state index is 0.0133. The first kappa shape index (κ1) is 16.5. The standard InChI is InChI=1S/C18H24N4O3/c1-11(23)20-14-6-12-8-22(9-13(12)7-16(14)24-2)10-17-21-18-15(25-17)4-3-5-19-18/h3-5,12-14,16H,6-10H2,1-2H3,(H,20,23)/t12-,13+,14-,16-/m1/s1. The first-order valence-corrected chi connectivity index (χ1v) is 8.85. The van der Waals surface area contributed by atoms with Gasteiger partial charge in [0.2, 0.25) is 11.8 Å². The van der Waals surface area contributed by atoms with Gasteiger partial charge in [0, 0.05) is 33.3 Å². The van der Waals surface area contributed by atoms with E-state index in [1.807, 2.05) is 12.1 Å². The topological polar surface area (TPSA) is 80.5 Å². The van der Waals surface area contributed by atoms with Gasteiger partial charge < -0.3 is 14.5 Å². The van der Waals surface area contributed by atoms with Gasteiger partial charge in [0.1, 0.15) is 0 Å². The summed E-state index contributed by atoms with van der Waals surface area (Å²) in [5, 5.41) is 3.06. The molecule has 2 fully saturated rings. The zero-order chi connectivity index (χ0) is 17.4. The van der Waals surface area contributed by atoms with Crippen molar-refractivity contribution < 1.29 is 13.9 Å². The SMILES string of the molecule is CO[C@@H]1C[C@H]2CN(Cc3nc4ncccc4o3)C[C@H]2C[C@H]1NC(C)=O. The molecule has 0 radical (unpaired) electrons. The third kappa shape index (κ3) is 3.39. The molecule has 1 aliphatic heterocycles. The summed E-state index contributed by atoms with van der Waals surface area (Å²) in [6, 6.07) is 3.86. The third-order valence-electron chi connectivity index (χ3n) is 5.45. The zero-order valence-electron chi connectivity index (χ0n) is 14.6.